The number of methoxy groups -OCH3 is 1. The van der Waals surface area contributed by atoms with Crippen molar-refractivity contribution in [3.05, 3.63) is 53.6 Å². The summed E-state index contributed by atoms with van der Waals surface area (Å²) in [7, 11) is 5.18. The molecule has 4 heterocycles. The molecular formula is C19H17N7O2. The second-order valence-corrected chi connectivity index (χ2v) is 6.60. The summed E-state index contributed by atoms with van der Waals surface area (Å²) in [5, 5.41) is 11.9. The number of H-pyrrole nitrogens is 1. The monoisotopic (exact) mass is 375 g/mol. The summed E-state index contributed by atoms with van der Waals surface area (Å²) in [6.07, 6.45) is 8.73. The number of aromatic amines is 1. The maximum Gasteiger partial charge on any atom is 0.333 e. The van der Waals surface area contributed by atoms with Gasteiger partial charge in [-0.25, -0.2) is 4.79 Å². The van der Waals surface area contributed by atoms with Gasteiger partial charge in [-0.2, -0.15) is 10.2 Å². The summed E-state index contributed by atoms with van der Waals surface area (Å²) in [5.41, 5.74) is 4.56. The van der Waals surface area contributed by atoms with Crippen LogP contribution in [0.25, 0.3) is 38.8 Å². The predicted octanol–water partition coefficient (Wildman–Crippen LogP) is 2.01. The highest BCUT2D eigenvalue weighted by molar-refractivity contribution is 6.05. The fourth-order valence-corrected chi connectivity index (χ4v) is 3.58. The number of aromatic nitrogens is 7. The van der Waals surface area contributed by atoms with Crippen LogP contribution in [-0.4, -0.2) is 41.2 Å². The Kier molecular flexibility index (Phi) is 3.38. The van der Waals surface area contributed by atoms with Crippen LogP contribution in [0.15, 0.2) is 47.9 Å². The average Bonchev–Trinajstić information content (AvgIpc) is 3.42. The Bertz CT molecular complexity index is 1390. The van der Waals surface area contributed by atoms with E-state index in [0.717, 1.165) is 33.1 Å². The van der Waals surface area contributed by atoms with Crippen LogP contribution >= 0.6 is 0 Å². The van der Waals surface area contributed by atoms with E-state index in [-0.39, 0.29) is 5.69 Å². The summed E-state index contributed by atoms with van der Waals surface area (Å²) < 4.78 is 10.5. The van der Waals surface area contributed by atoms with Crippen LogP contribution in [0.1, 0.15) is 0 Å². The van der Waals surface area contributed by atoms with Crippen LogP contribution < -0.4 is 10.4 Å². The Labute approximate surface area is 158 Å². The minimum Gasteiger partial charge on any atom is -0.496 e. The number of nitrogens with one attached hydrogen (secondary N) is 1. The van der Waals surface area contributed by atoms with Gasteiger partial charge >= 0.3 is 5.69 Å². The summed E-state index contributed by atoms with van der Waals surface area (Å²) in [6, 6.07) is 3.86. The van der Waals surface area contributed by atoms with Crippen molar-refractivity contribution in [2.45, 2.75) is 0 Å². The van der Waals surface area contributed by atoms with E-state index in [4.69, 9.17) is 4.74 Å². The molecule has 0 unspecified atom stereocenters. The Morgan fingerprint density at radius 3 is 2.68 bits per heavy atom. The van der Waals surface area contributed by atoms with Gasteiger partial charge in [0.25, 0.3) is 0 Å². The summed E-state index contributed by atoms with van der Waals surface area (Å²) in [5.74, 6) is 0.687. The molecule has 0 aliphatic carbocycles. The Balaban J connectivity index is 1.95. The van der Waals surface area contributed by atoms with E-state index < -0.39 is 0 Å². The number of fused-ring (bicyclic) bond motifs is 3. The van der Waals surface area contributed by atoms with Crippen LogP contribution in [0.3, 0.4) is 0 Å². The molecule has 4 aromatic heterocycles. The van der Waals surface area contributed by atoms with Crippen LogP contribution in [0.4, 0.5) is 0 Å². The fraction of sp³-hybridized carbons (Fsp3) is 0.158. The Morgan fingerprint density at radius 1 is 1.14 bits per heavy atom. The topological polar surface area (TPSA) is 95.6 Å². The van der Waals surface area contributed by atoms with Crippen molar-refractivity contribution < 1.29 is 4.74 Å². The van der Waals surface area contributed by atoms with Gasteiger partial charge in [-0.3, -0.25) is 23.9 Å². The maximum absolute atomic E-state index is 13.0. The number of hydrogen-bond donors (Lipinski definition) is 1. The predicted molar refractivity (Wildman–Crippen MR) is 105 cm³/mol. The highest BCUT2D eigenvalue weighted by Gasteiger charge is 2.19. The molecule has 1 aromatic carbocycles. The Hall–Kier alpha value is -3.88. The van der Waals surface area contributed by atoms with Crippen molar-refractivity contribution in [3.8, 4) is 22.6 Å². The molecule has 0 amide bonds. The van der Waals surface area contributed by atoms with Crippen LogP contribution in [0.5, 0.6) is 5.75 Å². The number of pyridine rings is 1. The number of imidazole rings is 1. The first-order valence-corrected chi connectivity index (χ1v) is 8.65. The molecule has 0 aliphatic heterocycles. The first kappa shape index (κ1) is 16.3. The Morgan fingerprint density at radius 2 is 2.00 bits per heavy atom. The quantitative estimate of drug-likeness (QED) is 0.520. The lowest BCUT2D eigenvalue weighted by atomic mass is 10.0. The van der Waals surface area contributed by atoms with Crippen molar-refractivity contribution in [2.75, 3.05) is 7.11 Å². The van der Waals surface area contributed by atoms with Gasteiger partial charge < -0.3 is 4.74 Å². The molecule has 28 heavy (non-hydrogen) atoms. The average molecular weight is 375 g/mol. The maximum atomic E-state index is 13.0. The third kappa shape index (κ3) is 2.19. The summed E-state index contributed by atoms with van der Waals surface area (Å²) >= 11 is 0. The van der Waals surface area contributed by atoms with E-state index in [1.807, 2.05) is 25.4 Å². The lowest BCUT2D eigenvalue weighted by molar-refractivity contribution is 0.417. The molecule has 0 bridgehead atoms. The molecule has 0 saturated heterocycles. The SMILES string of the molecule is COc1cc2ncc3c(c2cc1-c1cn[nH]c1)n(-c1cnn(C)c1)c(=O)n3C. The molecule has 1 N–H and O–H groups in total. The van der Waals surface area contributed by atoms with Gasteiger partial charge in [0.1, 0.15) is 5.75 Å². The zero-order valence-electron chi connectivity index (χ0n) is 15.5. The van der Waals surface area contributed by atoms with E-state index in [2.05, 4.69) is 20.3 Å². The van der Waals surface area contributed by atoms with Gasteiger partial charge in [0.05, 0.1) is 47.9 Å². The third-order valence-electron chi connectivity index (χ3n) is 4.96. The van der Waals surface area contributed by atoms with Gasteiger partial charge in [-0.05, 0) is 6.07 Å². The van der Waals surface area contributed by atoms with Crippen LogP contribution in [0.2, 0.25) is 0 Å². The molecule has 0 radical (unpaired) electrons. The lowest BCUT2D eigenvalue weighted by Gasteiger charge is -2.10. The zero-order valence-corrected chi connectivity index (χ0v) is 15.5. The van der Waals surface area contributed by atoms with E-state index in [0.29, 0.717) is 11.4 Å². The molecule has 9 nitrogen and oxygen atoms in total. The molecule has 5 aromatic rings. The molecule has 5 rings (SSSR count). The minimum absolute atomic E-state index is 0.155. The molecule has 0 fully saturated rings. The van der Waals surface area contributed by atoms with E-state index in [1.165, 1.54) is 0 Å². The fourth-order valence-electron chi connectivity index (χ4n) is 3.58. The summed E-state index contributed by atoms with van der Waals surface area (Å²) in [4.78, 5) is 17.6. The minimum atomic E-state index is -0.155. The van der Waals surface area contributed by atoms with E-state index in [9.17, 15) is 4.79 Å². The zero-order chi connectivity index (χ0) is 19.4. The van der Waals surface area contributed by atoms with Gasteiger partial charge in [-0.15, -0.1) is 0 Å². The smallest absolute Gasteiger partial charge is 0.333 e. The molecule has 0 saturated carbocycles. The third-order valence-corrected chi connectivity index (χ3v) is 4.96. The number of benzene rings is 1. The summed E-state index contributed by atoms with van der Waals surface area (Å²) in [6.45, 7) is 0. The number of nitrogens with zero attached hydrogens (tertiary/aromatic N) is 6. The van der Waals surface area contributed by atoms with Crippen molar-refractivity contribution in [1.82, 2.24) is 34.1 Å². The number of rotatable bonds is 3. The highest BCUT2D eigenvalue weighted by Crippen LogP contribution is 2.36. The van der Waals surface area contributed by atoms with Crippen molar-refractivity contribution >= 4 is 21.9 Å². The molecule has 9 heteroatoms. The standard InChI is InChI=1S/C19H17N7O2/c1-24-10-12(8-23-24)26-18-14-4-13(11-6-21-22-7-11)17(28-3)5-15(14)20-9-16(18)25(2)19(26)27/h4-10H,1-3H3,(H,21,22). The van der Waals surface area contributed by atoms with Crippen LogP contribution in [-0.2, 0) is 14.1 Å². The number of aryl methyl sites for hydroxylation is 2. The largest absolute Gasteiger partial charge is 0.496 e. The van der Waals surface area contributed by atoms with Crippen molar-refractivity contribution in [2.24, 2.45) is 14.1 Å². The highest BCUT2D eigenvalue weighted by atomic mass is 16.5. The van der Waals surface area contributed by atoms with Gasteiger partial charge in [0.2, 0.25) is 0 Å². The number of hydrogen-bond acceptors (Lipinski definition) is 5. The van der Waals surface area contributed by atoms with E-state index in [1.54, 1.807) is 52.8 Å². The van der Waals surface area contributed by atoms with Crippen LogP contribution in [0, 0.1) is 0 Å². The first-order chi connectivity index (χ1) is 13.6. The van der Waals surface area contributed by atoms with Gasteiger partial charge in [0, 0.05) is 49.1 Å². The molecule has 0 atom stereocenters. The molecule has 0 aliphatic rings. The lowest BCUT2D eigenvalue weighted by Crippen LogP contribution is -2.20. The first-order valence-electron chi connectivity index (χ1n) is 8.65. The van der Waals surface area contributed by atoms with Crippen molar-refractivity contribution in [3.63, 3.8) is 0 Å². The number of ether oxygens (including phenoxy) is 1. The molecule has 140 valence electrons. The molecule has 0 spiro atoms. The molecular weight excluding hydrogens is 358 g/mol. The van der Waals surface area contributed by atoms with Crippen molar-refractivity contribution in [1.29, 1.82) is 0 Å². The van der Waals surface area contributed by atoms with Gasteiger partial charge in [0.15, 0.2) is 0 Å². The second kappa shape index (κ2) is 5.81. The van der Waals surface area contributed by atoms with E-state index >= 15 is 0 Å². The van der Waals surface area contributed by atoms with Gasteiger partial charge in [-0.1, -0.05) is 0 Å². The second-order valence-electron chi connectivity index (χ2n) is 6.60. The normalized spacial score (nSPS) is 11.5.